The summed E-state index contributed by atoms with van der Waals surface area (Å²) in [6.45, 7) is 0. The number of hydrogen-bond donors (Lipinski definition) is 1. The van der Waals surface area contributed by atoms with Crippen LogP contribution in [-0.2, 0) is 0 Å². The lowest BCUT2D eigenvalue weighted by Gasteiger charge is -2.21. The molecule has 1 aliphatic heterocycles. The maximum Gasteiger partial charge on any atom is 0.303 e. The zero-order chi connectivity index (χ0) is 18.3. The molecule has 0 aliphatic carbocycles. The molecule has 1 heterocycles. The lowest BCUT2D eigenvalue weighted by Crippen LogP contribution is -2.43. The highest BCUT2D eigenvalue weighted by atomic mass is 16.6. The summed E-state index contributed by atoms with van der Waals surface area (Å²) in [6.07, 6.45) is -0.828. The third-order valence-corrected chi connectivity index (χ3v) is 3.57. The first-order valence-electron chi connectivity index (χ1n) is 8.45. The van der Waals surface area contributed by atoms with Crippen LogP contribution in [0.4, 0.5) is 0 Å². The van der Waals surface area contributed by atoms with Crippen LogP contribution in [0.3, 0.4) is 0 Å². The largest absolute Gasteiger partial charge is 0.449 e. The standard InChI is InChI=1S/C21H17N3O3/c1-4-10-16(11-5-1)25-19-22-20(26-17-12-6-2-7-13-17)24-21(23-19)27-18-14-8-3-9-15-18/h1-15,19H,(H,22,23,24). The Balaban J connectivity index is 1.55. The molecule has 0 bridgehead atoms. The van der Waals surface area contributed by atoms with Crippen LogP contribution >= 0.6 is 0 Å². The summed E-state index contributed by atoms with van der Waals surface area (Å²) >= 11 is 0. The molecule has 0 saturated heterocycles. The predicted molar refractivity (Wildman–Crippen MR) is 103 cm³/mol. The van der Waals surface area contributed by atoms with Crippen molar-refractivity contribution in [2.24, 2.45) is 9.98 Å². The fraction of sp³-hybridized carbons (Fsp3) is 0.0476. The Labute approximate surface area is 156 Å². The van der Waals surface area contributed by atoms with Gasteiger partial charge in [0.15, 0.2) is 0 Å². The van der Waals surface area contributed by atoms with E-state index in [4.69, 9.17) is 14.2 Å². The van der Waals surface area contributed by atoms with E-state index in [0.29, 0.717) is 17.2 Å². The van der Waals surface area contributed by atoms with Gasteiger partial charge in [0.1, 0.15) is 17.2 Å². The molecule has 1 aliphatic rings. The van der Waals surface area contributed by atoms with E-state index in [9.17, 15) is 0 Å². The topological polar surface area (TPSA) is 64.4 Å². The lowest BCUT2D eigenvalue weighted by atomic mass is 10.3. The van der Waals surface area contributed by atoms with Crippen LogP contribution in [0.25, 0.3) is 0 Å². The second kappa shape index (κ2) is 8.05. The second-order valence-corrected chi connectivity index (χ2v) is 5.58. The molecule has 27 heavy (non-hydrogen) atoms. The third-order valence-electron chi connectivity index (χ3n) is 3.57. The maximum absolute atomic E-state index is 5.82. The van der Waals surface area contributed by atoms with Crippen molar-refractivity contribution in [1.82, 2.24) is 5.32 Å². The smallest absolute Gasteiger partial charge is 0.303 e. The Kier molecular flexibility index (Phi) is 4.97. The van der Waals surface area contributed by atoms with Crippen molar-refractivity contribution in [2.45, 2.75) is 6.35 Å². The lowest BCUT2D eigenvalue weighted by molar-refractivity contribution is 0.211. The first-order valence-corrected chi connectivity index (χ1v) is 8.45. The molecule has 1 N–H and O–H groups in total. The summed E-state index contributed by atoms with van der Waals surface area (Å²) in [5.74, 6) is 1.93. The molecule has 0 spiro atoms. The van der Waals surface area contributed by atoms with Gasteiger partial charge in [0.2, 0.25) is 0 Å². The van der Waals surface area contributed by atoms with E-state index in [1.807, 2.05) is 91.0 Å². The van der Waals surface area contributed by atoms with Gasteiger partial charge in [-0.15, -0.1) is 0 Å². The zero-order valence-electron chi connectivity index (χ0n) is 14.4. The normalized spacial score (nSPS) is 13.8. The van der Waals surface area contributed by atoms with E-state index in [2.05, 4.69) is 15.3 Å². The Morgan fingerprint density at radius 3 is 1.41 bits per heavy atom. The molecule has 0 fully saturated rings. The molecule has 4 rings (SSSR count). The Morgan fingerprint density at radius 1 is 0.556 bits per heavy atom. The summed E-state index contributed by atoms with van der Waals surface area (Å²) in [5.41, 5.74) is 0. The molecule has 6 heteroatoms. The van der Waals surface area contributed by atoms with Gasteiger partial charge in [-0.3, -0.25) is 5.32 Å². The summed E-state index contributed by atoms with van der Waals surface area (Å²) in [5, 5.41) is 2.94. The highest BCUT2D eigenvalue weighted by molar-refractivity contribution is 5.96. The molecular weight excluding hydrogens is 342 g/mol. The summed E-state index contributed by atoms with van der Waals surface area (Å²) in [6, 6.07) is 28.5. The number of nitrogens with one attached hydrogen (secondary N) is 1. The van der Waals surface area contributed by atoms with Gasteiger partial charge < -0.3 is 14.2 Å². The van der Waals surface area contributed by atoms with Gasteiger partial charge in [-0.1, -0.05) is 54.6 Å². The maximum atomic E-state index is 5.82. The fourth-order valence-corrected chi connectivity index (χ4v) is 2.36. The molecule has 3 aromatic carbocycles. The van der Waals surface area contributed by atoms with Crippen LogP contribution in [0.1, 0.15) is 0 Å². The third kappa shape index (κ3) is 4.64. The Bertz CT molecular complexity index is 871. The van der Waals surface area contributed by atoms with Crippen molar-refractivity contribution < 1.29 is 14.2 Å². The van der Waals surface area contributed by atoms with E-state index < -0.39 is 6.35 Å². The van der Waals surface area contributed by atoms with Crippen molar-refractivity contribution >= 4 is 12.0 Å². The minimum absolute atomic E-state index is 0.239. The number of ether oxygens (including phenoxy) is 3. The number of benzene rings is 3. The highest BCUT2D eigenvalue weighted by Gasteiger charge is 2.21. The highest BCUT2D eigenvalue weighted by Crippen LogP contribution is 2.16. The van der Waals surface area contributed by atoms with Gasteiger partial charge in [0.05, 0.1) is 0 Å². The van der Waals surface area contributed by atoms with Crippen molar-refractivity contribution in [3.8, 4) is 17.2 Å². The Hall–Kier alpha value is -3.80. The zero-order valence-corrected chi connectivity index (χ0v) is 14.4. The van der Waals surface area contributed by atoms with Gasteiger partial charge in [-0.25, -0.2) is 0 Å². The number of aliphatic imine (C=N–C) groups is 2. The van der Waals surface area contributed by atoms with Crippen molar-refractivity contribution in [3.05, 3.63) is 91.0 Å². The second-order valence-electron chi connectivity index (χ2n) is 5.58. The fourth-order valence-electron chi connectivity index (χ4n) is 2.36. The summed E-state index contributed by atoms with van der Waals surface area (Å²) < 4.78 is 17.4. The summed E-state index contributed by atoms with van der Waals surface area (Å²) in [7, 11) is 0. The molecule has 6 nitrogen and oxygen atoms in total. The van der Waals surface area contributed by atoms with Crippen LogP contribution in [0.2, 0.25) is 0 Å². The SMILES string of the molecule is c1ccc(OC2=NC(Oc3ccccc3)N=C(Oc3ccccc3)N2)cc1. The monoisotopic (exact) mass is 359 g/mol. The summed E-state index contributed by atoms with van der Waals surface area (Å²) in [4.78, 5) is 8.72. The van der Waals surface area contributed by atoms with Crippen LogP contribution in [0, 0.1) is 0 Å². The van der Waals surface area contributed by atoms with Crippen molar-refractivity contribution in [3.63, 3.8) is 0 Å². The minimum atomic E-state index is -0.828. The molecule has 134 valence electrons. The van der Waals surface area contributed by atoms with Gasteiger partial charge >= 0.3 is 12.0 Å². The average Bonchev–Trinajstić information content (AvgIpc) is 2.70. The number of nitrogens with zero attached hydrogens (tertiary/aromatic N) is 2. The molecule has 3 aromatic rings. The van der Waals surface area contributed by atoms with E-state index in [1.165, 1.54) is 0 Å². The molecule has 0 amide bonds. The first-order chi connectivity index (χ1) is 13.3. The van der Waals surface area contributed by atoms with E-state index >= 15 is 0 Å². The molecule has 0 unspecified atom stereocenters. The quantitative estimate of drug-likeness (QED) is 0.769. The Morgan fingerprint density at radius 2 is 0.963 bits per heavy atom. The van der Waals surface area contributed by atoms with Crippen molar-refractivity contribution in [2.75, 3.05) is 0 Å². The van der Waals surface area contributed by atoms with Gasteiger partial charge in [0.25, 0.3) is 6.35 Å². The van der Waals surface area contributed by atoms with Crippen LogP contribution in [-0.4, -0.2) is 18.4 Å². The van der Waals surface area contributed by atoms with Gasteiger partial charge in [-0.05, 0) is 36.4 Å². The molecule has 0 radical (unpaired) electrons. The van der Waals surface area contributed by atoms with Crippen LogP contribution < -0.4 is 19.5 Å². The minimum Gasteiger partial charge on any atom is -0.449 e. The van der Waals surface area contributed by atoms with E-state index in [0.717, 1.165) is 0 Å². The predicted octanol–water partition coefficient (Wildman–Crippen LogP) is 3.82. The van der Waals surface area contributed by atoms with Gasteiger partial charge in [0, 0.05) is 0 Å². The molecule has 0 aromatic heterocycles. The number of para-hydroxylation sites is 3. The van der Waals surface area contributed by atoms with Crippen LogP contribution in [0.5, 0.6) is 17.2 Å². The number of hydrogen-bond acceptors (Lipinski definition) is 6. The number of amidine groups is 2. The van der Waals surface area contributed by atoms with Crippen LogP contribution in [0.15, 0.2) is 101 Å². The van der Waals surface area contributed by atoms with Gasteiger partial charge in [-0.2, -0.15) is 9.98 Å². The molecule has 0 atom stereocenters. The first kappa shape index (κ1) is 16.7. The van der Waals surface area contributed by atoms with Crippen molar-refractivity contribution in [1.29, 1.82) is 0 Å². The number of rotatable bonds is 4. The molecular formula is C21H17N3O3. The molecule has 0 saturated carbocycles. The van der Waals surface area contributed by atoms with E-state index in [-0.39, 0.29) is 12.0 Å². The average molecular weight is 359 g/mol. The van der Waals surface area contributed by atoms with E-state index in [1.54, 1.807) is 0 Å².